The van der Waals surface area contributed by atoms with Crippen LogP contribution in [0.15, 0.2) is 0 Å². The molecule has 0 aromatic heterocycles. The highest BCUT2D eigenvalue weighted by Gasteiger charge is 2.10. The Morgan fingerprint density at radius 3 is 2.55 bits per heavy atom. The summed E-state index contributed by atoms with van der Waals surface area (Å²) in [5.41, 5.74) is 0. The van der Waals surface area contributed by atoms with Crippen LogP contribution >= 0.6 is 0 Å². The number of amides is 1. The van der Waals surface area contributed by atoms with Crippen molar-refractivity contribution in [3.8, 4) is 0 Å². The molecule has 1 amide bonds. The van der Waals surface area contributed by atoms with E-state index in [0.29, 0.717) is 25.7 Å². The smallest absolute Gasteiger partial charge is 0.236 e. The summed E-state index contributed by atoms with van der Waals surface area (Å²) in [7, 11) is 3.43. The molecule has 0 aliphatic rings. The summed E-state index contributed by atoms with van der Waals surface area (Å²) in [6.07, 6.45) is 4.19. The molecule has 0 fully saturated rings. The molecule has 5 heteroatoms. The molecule has 0 aliphatic carbocycles. The number of carbonyl (C=O) groups excluding carboxylic acids is 1. The summed E-state index contributed by atoms with van der Waals surface area (Å²) in [6.45, 7) is 6.03. The molecule has 120 valence electrons. The van der Waals surface area contributed by atoms with Gasteiger partial charge in [-0.15, -0.1) is 0 Å². The molecule has 0 radical (unpaired) electrons. The van der Waals surface area contributed by atoms with Crippen molar-refractivity contribution in [2.75, 3.05) is 40.4 Å². The molecule has 2 atom stereocenters. The largest absolute Gasteiger partial charge is 0.389 e. The summed E-state index contributed by atoms with van der Waals surface area (Å²) in [6, 6.07) is 0. The number of unbranched alkanes of at least 4 members (excludes halogenated alkanes) is 1. The highest BCUT2D eigenvalue weighted by molar-refractivity contribution is 5.77. The Balaban J connectivity index is 3.61. The van der Waals surface area contributed by atoms with Gasteiger partial charge in [0.05, 0.1) is 19.3 Å². The topological polar surface area (TPSA) is 61.8 Å². The van der Waals surface area contributed by atoms with Crippen molar-refractivity contribution in [2.45, 2.75) is 45.6 Å². The number of hydrogen-bond donors (Lipinski definition) is 2. The van der Waals surface area contributed by atoms with Gasteiger partial charge < -0.3 is 20.1 Å². The number of nitrogens with zero attached hydrogens (tertiary/aromatic N) is 1. The second-order valence-corrected chi connectivity index (χ2v) is 5.53. The maximum absolute atomic E-state index is 11.3. The average Bonchev–Trinajstić information content (AvgIpc) is 2.42. The molecule has 0 aromatic carbocycles. The van der Waals surface area contributed by atoms with Crippen LogP contribution in [0, 0.1) is 5.92 Å². The Hall–Kier alpha value is -0.650. The van der Waals surface area contributed by atoms with Crippen molar-refractivity contribution in [3.05, 3.63) is 0 Å². The van der Waals surface area contributed by atoms with Gasteiger partial charge in [0.2, 0.25) is 5.91 Å². The molecule has 0 aromatic rings. The maximum Gasteiger partial charge on any atom is 0.236 e. The first-order chi connectivity index (χ1) is 9.51. The van der Waals surface area contributed by atoms with Crippen molar-refractivity contribution in [1.29, 1.82) is 0 Å². The molecular formula is C15H32N2O3. The van der Waals surface area contributed by atoms with E-state index in [1.54, 1.807) is 14.1 Å². The van der Waals surface area contributed by atoms with Gasteiger partial charge in [-0.1, -0.05) is 33.1 Å². The van der Waals surface area contributed by atoms with E-state index in [4.69, 9.17) is 4.74 Å². The first-order valence-electron chi connectivity index (χ1n) is 7.67. The molecule has 0 heterocycles. The van der Waals surface area contributed by atoms with E-state index in [1.165, 1.54) is 24.2 Å². The van der Waals surface area contributed by atoms with Crippen LogP contribution in [0.2, 0.25) is 0 Å². The van der Waals surface area contributed by atoms with Crippen molar-refractivity contribution in [3.63, 3.8) is 0 Å². The second kappa shape index (κ2) is 12.1. The molecule has 20 heavy (non-hydrogen) atoms. The number of aliphatic hydroxyl groups excluding tert-OH is 1. The molecule has 0 aliphatic heterocycles. The zero-order valence-corrected chi connectivity index (χ0v) is 13.5. The van der Waals surface area contributed by atoms with E-state index in [2.05, 4.69) is 19.2 Å². The van der Waals surface area contributed by atoms with Crippen LogP contribution in [0.5, 0.6) is 0 Å². The number of hydrogen-bond acceptors (Lipinski definition) is 4. The van der Waals surface area contributed by atoms with Crippen molar-refractivity contribution < 1.29 is 14.6 Å². The third kappa shape index (κ3) is 10.2. The quantitative estimate of drug-likeness (QED) is 0.567. The van der Waals surface area contributed by atoms with E-state index in [-0.39, 0.29) is 12.5 Å². The zero-order valence-electron chi connectivity index (χ0n) is 13.5. The first-order valence-corrected chi connectivity index (χ1v) is 7.67. The van der Waals surface area contributed by atoms with Gasteiger partial charge >= 0.3 is 0 Å². The van der Waals surface area contributed by atoms with Gasteiger partial charge in [-0.25, -0.2) is 0 Å². The minimum Gasteiger partial charge on any atom is -0.389 e. The van der Waals surface area contributed by atoms with Crippen molar-refractivity contribution in [2.24, 2.45) is 5.92 Å². The summed E-state index contributed by atoms with van der Waals surface area (Å²) in [4.78, 5) is 12.8. The molecule has 0 saturated heterocycles. The molecule has 0 saturated carbocycles. The van der Waals surface area contributed by atoms with Crippen LogP contribution in [-0.4, -0.2) is 62.4 Å². The molecular weight excluding hydrogens is 256 g/mol. The normalized spacial score (nSPS) is 14.1. The highest BCUT2D eigenvalue weighted by atomic mass is 16.5. The van der Waals surface area contributed by atoms with Gasteiger partial charge in [0, 0.05) is 27.2 Å². The van der Waals surface area contributed by atoms with Gasteiger partial charge in [-0.05, 0) is 12.3 Å². The fourth-order valence-electron chi connectivity index (χ4n) is 1.83. The van der Waals surface area contributed by atoms with E-state index < -0.39 is 6.10 Å². The van der Waals surface area contributed by atoms with Crippen LogP contribution < -0.4 is 5.32 Å². The van der Waals surface area contributed by atoms with E-state index in [1.807, 2.05) is 0 Å². The molecule has 0 bridgehead atoms. The minimum atomic E-state index is -0.561. The zero-order chi connectivity index (χ0) is 15.4. The van der Waals surface area contributed by atoms with E-state index in [0.717, 1.165) is 6.42 Å². The number of rotatable bonds is 12. The molecule has 5 nitrogen and oxygen atoms in total. The average molecular weight is 288 g/mol. The van der Waals surface area contributed by atoms with Gasteiger partial charge in [-0.3, -0.25) is 4.79 Å². The first kappa shape index (κ1) is 19.4. The summed E-state index contributed by atoms with van der Waals surface area (Å²) in [5.74, 6) is 0.592. The molecule has 2 N–H and O–H groups in total. The lowest BCUT2D eigenvalue weighted by Gasteiger charge is -2.17. The molecule has 2 unspecified atom stereocenters. The summed E-state index contributed by atoms with van der Waals surface area (Å²) >= 11 is 0. The van der Waals surface area contributed by atoms with Gasteiger partial charge in [0.15, 0.2) is 0 Å². The van der Waals surface area contributed by atoms with Crippen molar-refractivity contribution in [1.82, 2.24) is 10.2 Å². The number of nitrogens with one attached hydrogen (secondary N) is 1. The number of ether oxygens (including phenoxy) is 1. The van der Waals surface area contributed by atoms with Crippen LogP contribution in [0.25, 0.3) is 0 Å². The Morgan fingerprint density at radius 2 is 2.00 bits per heavy atom. The predicted molar refractivity (Wildman–Crippen MR) is 81.7 cm³/mol. The lowest BCUT2D eigenvalue weighted by atomic mass is 10.0. The van der Waals surface area contributed by atoms with Crippen LogP contribution in [0.4, 0.5) is 0 Å². The second-order valence-electron chi connectivity index (χ2n) is 5.53. The molecule has 0 rings (SSSR count). The molecule has 0 spiro atoms. The lowest BCUT2D eigenvalue weighted by molar-refractivity contribution is -0.127. The van der Waals surface area contributed by atoms with E-state index in [9.17, 15) is 9.90 Å². The van der Waals surface area contributed by atoms with E-state index >= 15 is 0 Å². The summed E-state index contributed by atoms with van der Waals surface area (Å²) < 4.78 is 5.57. The van der Waals surface area contributed by atoms with Gasteiger partial charge in [0.25, 0.3) is 0 Å². The SMILES string of the molecule is CCCCC(CC)COCC(O)CNCC(=O)N(C)C. The minimum absolute atomic E-state index is 0.00345. The Kier molecular flexibility index (Phi) is 11.7. The number of aliphatic hydroxyl groups is 1. The third-order valence-electron chi connectivity index (χ3n) is 3.36. The monoisotopic (exact) mass is 288 g/mol. The standard InChI is InChI=1S/C15H32N2O3/c1-5-7-8-13(6-2)11-20-12-14(18)9-16-10-15(19)17(3)4/h13-14,16,18H,5-12H2,1-4H3. The third-order valence-corrected chi connectivity index (χ3v) is 3.36. The Morgan fingerprint density at radius 1 is 1.30 bits per heavy atom. The fourth-order valence-corrected chi connectivity index (χ4v) is 1.83. The van der Waals surface area contributed by atoms with Crippen LogP contribution in [-0.2, 0) is 9.53 Å². The summed E-state index contributed by atoms with van der Waals surface area (Å²) in [5, 5.41) is 12.7. The number of likely N-dealkylation sites (N-methyl/N-ethyl adjacent to an activating group) is 1. The lowest BCUT2D eigenvalue weighted by Crippen LogP contribution is -2.38. The maximum atomic E-state index is 11.3. The van der Waals surface area contributed by atoms with Gasteiger partial charge in [0.1, 0.15) is 0 Å². The van der Waals surface area contributed by atoms with Crippen molar-refractivity contribution >= 4 is 5.91 Å². The van der Waals surface area contributed by atoms with Gasteiger partial charge in [-0.2, -0.15) is 0 Å². The fraction of sp³-hybridized carbons (Fsp3) is 0.933. The highest BCUT2D eigenvalue weighted by Crippen LogP contribution is 2.12. The predicted octanol–water partition coefficient (Wildman–Crippen LogP) is 1.26. The Bertz CT molecular complexity index is 247. The number of carbonyl (C=O) groups is 1. The van der Waals surface area contributed by atoms with Crippen LogP contribution in [0.3, 0.4) is 0 Å². The Labute approximate surface area is 123 Å². The van der Waals surface area contributed by atoms with Crippen LogP contribution in [0.1, 0.15) is 39.5 Å².